The molecular formula is C12H23ClN2O2. The second kappa shape index (κ2) is 5.44. The summed E-state index contributed by atoms with van der Waals surface area (Å²) in [6.07, 6.45) is 2.18. The van der Waals surface area contributed by atoms with Gasteiger partial charge in [-0.3, -0.25) is 0 Å². The molecule has 2 rings (SSSR count). The van der Waals surface area contributed by atoms with E-state index in [0.717, 1.165) is 19.0 Å². The molecule has 1 amide bonds. The summed E-state index contributed by atoms with van der Waals surface area (Å²) in [7, 11) is 0. The van der Waals surface area contributed by atoms with Crippen molar-refractivity contribution in [3.05, 3.63) is 0 Å². The number of hydrogen-bond donors (Lipinski definition) is 2. The third-order valence-corrected chi connectivity index (χ3v) is 3.42. The van der Waals surface area contributed by atoms with E-state index in [2.05, 4.69) is 10.6 Å². The van der Waals surface area contributed by atoms with Crippen LogP contribution in [-0.4, -0.2) is 30.8 Å². The molecule has 1 saturated heterocycles. The number of halogens is 1. The van der Waals surface area contributed by atoms with Crippen LogP contribution in [0.2, 0.25) is 0 Å². The summed E-state index contributed by atoms with van der Waals surface area (Å²) in [6.45, 7) is 7.53. The van der Waals surface area contributed by atoms with E-state index in [-0.39, 0.29) is 18.5 Å². The van der Waals surface area contributed by atoms with Crippen LogP contribution in [0.25, 0.3) is 0 Å². The fraction of sp³-hybridized carbons (Fsp3) is 0.917. The van der Waals surface area contributed by atoms with E-state index < -0.39 is 5.60 Å². The minimum Gasteiger partial charge on any atom is -0.444 e. The van der Waals surface area contributed by atoms with Crippen molar-refractivity contribution >= 4 is 18.5 Å². The molecule has 1 saturated carbocycles. The van der Waals surface area contributed by atoms with E-state index in [0.29, 0.717) is 12.0 Å². The van der Waals surface area contributed by atoms with Crippen molar-refractivity contribution in [3.8, 4) is 0 Å². The number of alkyl carbamates (subject to hydrolysis) is 1. The van der Waals surface area contributed by atoms with Crippen molar-refractivity contribution in [1.29, 1.82) is 0 Å². The maximum absolute atomic E-state index is 11.5. The van der Waals surface area contributed by atoms with Crippen LogP contribution in [0.3, 0.4) is 0 Å². The van der Waals surface area contributed by atoms with Crippen molar-refractivity contribution in [3.63, 3.8) is 0 Å². The summed E-state index contributed by atoms with van der Waals surface area (Å²) in [4.78, 5) is 11.5. The molecule has 0 aromatic heterocycles. The molecule has 0 radical (unpaired) electrons. The number of amides is 1. The lowest BCUT2D eigenvalue weighted by Gasteiger charge is -2.24. The van der Waals surface area contributed by atoms with Gasteiger partial charge in [0.25, 0.3) is 0 Å². The van der Waals surface area contributed by atoms with Crippen LogP contribution in [0.4, 0.5) is 4.79 Å². The first-order valence-electron chi connectivity index (χ1n) is 6.14. The number of fused-ring (bicyclic) bond motifs is 2. The Balaban J connectivity index is 0.00000144. The molecule has 1 aliphatic carbocycles. The van der Waals surface area contributed by atoms with Gasteiger partial charge in [0.2, 0.25) is 0 Å². The summed E-state index contributed by atoms with van der Waals surface area (Å²) < 4.78 is 5.21. The summed E-state index contributed by atoms with van der Waals surface area (Å²) in [5.74, 6) is 1.39. The van der Waals surface area contributed by atoms with E-state index in [1.807, 2.05) is 20.8 Å². The molecule has 17 heavy (non-hydrogen) atoms. The Hall–Kier alpha value is -0.480. The molecule has 1 heterocycles. The lowest BCUT2D eigenvalue weighted by molar-refractivity contribution is 0.0514. The summed E-state index contributed by atoms with van der Waals surface area (Å²) >= 11 is 0. The maximum atomic E-state index is 11.5. The standard InChI is InChI=1S/C12H22N2O2.ClH/c1-12(2,3)16-11(15)14-7-9-5-10-4-8(9)6-13-10;/h8-10,13H,4-7H2,1-3H3,(H,14,15);1H/t8-,9-,10-;/m0./s1. The fourth-order valence-corrected chi connectivity index (χ4v) is 2.73. The highest BCUT2D eigenvalue weighted by molar-refractivity contribution is 5.85. The van der Waals surface area contributed by atoms with Crippen LogP contribution in [0.1, 0.15) is 33.6 Å². The molecule has 2 N–H and O–H groups in total. The number of piperidine rings is 1. The van der Waals surface area contributed by atoms with Gasteiger partial charge in [-0.2, -0.15) is 0 Å². The minimum absolute atomic E-state index is 0. The summed E-state index contributed by atoms with van der Waals surface area (Å²) in [5, 5.41) is 6.34. The van der Waals surface area contributed by atoms with E-state index in [4.69, 9.17) is 4.74 Å². The van der Waals surface area contributed by atoms with Gasteiger partial charge in [-0.1, -0.05) is 0 Å². The van der Waals surface area contributed by atoms with E-state index >= 15 is 0 Å². The average Bonchev–Trinajstić information content (AvgIpc) is 2.72. The largest absolute Gasteiger partial charge is 0.444 e. The smallest absolute Gasteiger partial charge is 0.407 e. The highest BCUT2D eigenvalue weighted by Crippen LogP contribution is 2.35. The lowest BCUT2D eigenvalue weighted by Crippen LogP contribution is -2.39. The Kier molecular flexibility index (Phi) is 4.67. The number of carbonyl (C=O) groups is 1. The highest BCUT2D eigenvalue weighted by atomic mass is 35.5. The van der Waals surface area contributed by atoms with Gasteiger partial charge in [0, 0.05) is 12.6 Å². The minimum atomic E-state index is -0.402. The zero-order chi connectivity index (χ0) is 11.8. The third kappa shape index (κ3) is 4.03. The first kappa shape index (κ1) is 14.6. The quantitative estimate of drug-likeness (QED) is 0.800. The van der Waals surface area contributed by atoms with Gasteiger partial charge < -0.3 is 15.4 Å². The molecule has 0 unspecified atom stereocenters. The van der Waals surface area contributed by atoms with Gasteiger partial charge in [0.15, 0.2) is 0 Å². The van der Waals surface area contributed by atoms with Crippen molar-refractivity contribution in [1.82, 2.24) is 10.6 Å². The Morgan fingerprint density at radius 1 is 1.41 bits per heavy atom. The molecule has 0 spiro atoms. The van der Waals surface area contributed by atoms with Gasteiger partial charge in [-0.25, -0.2) is 4.79 Å². The molecule has 4 nitrogen and oxygen atoms in total. The predicted molar refractivity (Wildman–Crippen MR) is 69.5 cm³/mol. The molecular weight excluding hydrogens is 240 g/mol. The second-order valence-electron chi connectivity index (χ2n) is 5.98. The van der Waals surface area contributed by atoms with Crippen molar-refractivity contribution in [2.45, 2.75) is 45.3 Å². The average molecular weight is 263 g/mol. The number of ether oxygens (including phenoxy) is 1. The highest BCUT2D eigenvalue weighted by Gasteiger charge is 2.39. The molecule has 2 aliphatic rings. The van der Waals surface area contributed by atoms with Crippen molar-refractivity contribution in [2.75, 3.05) is 13.1 Å². The molecule has 2 bridgehead atoms. The van der Waals surface area contributed by atoms with Crippen LogP contribution in [-0.2, 0) is 4.74 Å². The van der Waals surface area contributed by atoms with Gasteiger partial charge in [-0.15, -0.1) is 12.4 Å². The summed E-state index contributed by atoms with van der Waals surface area (Å²) in [6, 6.07) is 0.690. The Labute approximate surface area is 109 Å². The lowest BCUT2D eigenvalue weighted by atomic mass is 9.95. The number of hydrogen-bond acceptors (Lipinski definition) is 3. The topological polar surface area (TPSA) is 50.4 Å². The van der Waals surface area contributed by atoms with Gasteiger partial charge >= 0.3 is 6.09 Å². The third-order valence-electron chi connectivity index (χ3n) is 3.42. The molecule has 2 fully saturated rings. The summed E-state index contributed by atoms with van der Waals surface area (Å²) in [5.41, 5.74) is -0.402. The van der Waals surface area contributed by atoms with E-state index in [9.17, 15) is 4.79 Å². The van der Waals surface area contributed by atoms with Gasteiger partial charge in [-0.05, 0) is 52.0 Å². The van der Waals surface area contributed by atoms with Gasteiger partial charge in [0.05, 0.1) is 0 Å². The molecule has 0 aromatic carbocycles. The molecule has 100 valence electrons. The zero-order valence-corrected chi connectivity index (χ0v) is 11.6. The SMILES string of the molecule is CC(C)(C)OC(=O)NC[C@@H]1C[C@@H]2C[C@H]1CN2.Cl. The van der Waals surface area contributed by atoms with Crippen LogP contribution in [0.5, 0.6) is 0 Å². The monoisotopic (exact) mass is 262 g/mol. The Bertz CT molecular complexity index is 278. The number of carbonyl (C=O) groups excluding carboxylic acids is 1. The van der Waals surface area contributed by atoms with Crippen molar-refractivity contribution in [2.24, 2.45) is 11.8 Å². The fourth-order valence-electron chi connectivity index (χ4n) is 2.73. The number of rotatable bonds is 2. The van der Waals surface area contributed by atoms with Crippen LogP contribution in [0, 0.1) is 11.8 Å². The van der Waals surface area contributed by atoms with Crippen LogP contribution in [0.15, 0.2) is 0 Å². The van der Waals surface area contributed by atoms with Gasteiger partial charge in [0.1, 0.15) is 5.60 Å². The second-order valence-corrected chi connectivity index (χ2v) is 5.98. The normalized spacial score (nSPS) is 30.9. The van der Waals surface area contributed by atoms with E-state index in [1.165, 1.54) is 12.8 Å². The Morgan fingerprint density at radius 3 is 2.59 bits per heavy atom. The van der Waals surface area contributed by atoms with Crippen LogP contribution < -0.4 is 10.6 Å². The number of nitrogens with one attached hydrogen (secondary N) is 2. The molecule has 3 atom stereocenters. The first-order chi connectivity index (χ1) is 7.44. The maximum Gasteiger partial charge on any atom is 0.407 e. The zero-order valence-electron chi connectivity index (χ0n) is 10.8. The predicted octanol–water partition coefficient (Wildman–Crippen LogP) is 1.93. The van der Waals surface area contributed by atoms with Crippen molar-refractivity contribution < 1.29 is 9.53 Å². The molecule has 0 aromatic rings. The van der Waals surface area contributed by atoms with E-state index in [1.54, 1.807) is 0 Å². The molecule has 5 heteroatoms. The Morgan fingerprint density at radius 2 is 2.12 bits per heavy atom. The first-order valence-corrected chi connectivity index (χ1v) is 6.14. The molecule has 1 aliphatic heterocycles. The van der Waals surface area contributed by atoms with Crippen LogP contribution >= 0.6 is 12.4 Å².